The molecular weight excluding hydrogens is 237 g/mol. The topological polar surface area (TPSA) is 66.9 Å². The predicted molar refractivity (Wildman–Crippen MR) is 54.2 cm³/mol. The lowest BCUT2D eigenvalue weighted by Crippen LogP contribution is -2.30. The van der Waals surface area contributed by atoms with Crippen LogP contribution >= 0.6 is 0 Å². The number of nitrogens with zero attached hydrogens (tertiary/aromatic N) is 2. The highest BCUT2D eigenvalue weighted by atomic mass is 19.4. The Morgan fingerprint density at radius 3 is 2.76 bits per heavy atom. The van der Waals surface area contributed by atoms with Gasteiger partial charge in [0.05, 0.1) is 6.54 Å². The molecule has 0 saturated carbocycles. The third-order valence-corrected chi connectivity index (χ3v) is 1.73. The Morgan fingerprint density at radius 2 is 2.18 bits per heavy atom. The van der Waals surface area contributed by atoms with Crippen LogP contribution in [-0.4, -0.2) is 29.0 Å². The summed E-state index contributed by atoms with van der Waals surface area (Å²) in [6.07, 6.45) is -3.54. The van der Waals surface area contributed by atoms with E-state index in [0.29, 0.717) is 6.54 Å². The Morgan fingerprint density at radius 1 is 1.47 bits per heavy atom. The number of nitrogens with one attached hydrogen (secondary N) is 2. The molecule has 94 valence electrons. The Kier molecular flexibility index (Phi) is 4.24. The van der Waals surface area contributed by atoms with E-state index in [0.717, 1.165) is 12.3 Å². The molecule has 1 aromatic heterocycles. The van der Waals surface area contributed by atoms with E-state index in [1.165, 1.54) is 0 Å². The molecular formula is C9H11F3N4O. The molecule has 0 aliphatic heterocycles. The highest BCUT2D eigenvalue weighted by Crippen LogP contribution is 2.27. The van der Waals surface area contributed by atoms with Gasteiger partial charge in [0.15, 0.2) is 0 Å². The first-order valence-corrected chi connectivity index (χ1v) is 4.84. The maximum atomic E-state index is 12.3. The van der Waals surface area contributed by atoms with E-state index in [2.05, 4.69) is 20.6 Å². The van der Waals surface area contributed by atoms with E-state index >= 15 is 0 Å². The number of anilines is 1. The van der Waals surface area contributed by atoms with Crippen molar-refractivity contribution in [1.82, 2.24) is 15.3 Å². The van der Waals surface area contributed by atoms with Gasteiger partial charge in [-0.05, 0) is 13.0 Å². The number of rotatable bonds is 4. The van der Waals surface area contributed by atoms with E-state index < -0.39 is 11.9 Å². The molecule has 0 atom stereocenters. The van der Waals surface area contributed by atoms with Crippen molar-refractivity contribution < 1.29 is 18.0 Å². The number of amides is 1. The van der Waals surface area contributed by atoms with E-state index in [1.54, 1.807) is 6.92 Å². The van der Waals surface area contributed by atoms with Gasteiger partial charge in [0.2, 0.25) is 11.9 Å². The molecule has 2 N–H and O–H groups in total. The first-order chi connectivity index (χ1) is 7.93. The van der Waals surface area contributed by atoms with Gasteiger partial charge in [0.1, 0.15) is 5.69 Å². The smallest absolute Gasteiger partial charge is 0.355 e. The standard InChI is InChI=1S/C9H11F3N4O/c1-2-13-7(17)5-15-8-14-4-3-6(16-8)9(10,11)12/h3-4H,2,5H2,1H3,(H,13,17)(H,14,15,16). The van der Waals surface area contributed by atoms with E-state index in [1.807, 2.05) is 0 Å². The molecule has 1 rings (SSSR count). The molecule has 5 nitrogen and oxygen atoms in total. The summed E-state index contributed by atoms with van der Waals surface area (Å²) in [6, 6.07) is 0.761. The molecule has 0 unspecified atom stereocenters. The van der Waals surface area contributed by atoms with Crippen molar-refractivity contribution in [2.75, 3.05) is 18.4 Å². The third-order valence-electron chi connectivity index (χ3n) is 1.73. The lowest BCUT2D eigenvalue weighted by atomic mass is 10.4. The van der Waals surface area contributed by atoms with E-state index in [4.69, 9.17) is 0 Å². The summed E-state index contributed by atoms with van der Waals surface area (Å²) >= 11 is 0. The molecule has 1 amide bonds. The molecule has 1 heterocycles. The van der Waals surface area contributed by atoms with Gasteiger partial charge in [-0.2, -0.15) is 13.2 Å². The molecule has 0 spiro atoms. The van der Waals surface area contributed by atoms with E-state index in [-0.39, 0.29) is 18.4 Å². The lowest BCUT2D eigenvalue weighted by Gasteiger charge is -2.08. The lowest BCUT2D eigenvalue weighted by molar-refractivity contribution is -0.141. The predicted octanol–water partition coefficient (Wildman–Crippen LogP) is 1.04. The monoisotopic (exact) mass is 248 g/mol. The van der Waals surface area contributed by atoms with Crippen molar-refractivity contribution in [2.45, 2.75) is 13.1 Å². The largest absolute Gasteiger partial charge is 0.433 e. The number of aromatic nitrogens is 2. The quantitative estimate of drug-likeness (QED) is 0.835. The first kappa shape index (κ1) is 13.2. The first-order valence-electron chi connectivity index (χ1n) is 4.84. The highest BCUT2D eigenvalue weighted by Gasteiger charge is 2.32. The zero-order chi connectivity index (χ0) is 12.9. The van der Waals surface area contributed by atoms with Gasteiger partial charge in [0, 0.05) is 12.7 Å². The van der Waals surface area contributed by atoms with Gasteiger partial charge in [0.25, 0.3) is 0 Å². The number of carbonyl (C=O) groups is 1. The summed E-state index contributed by atoms with van der Waals surface area (Å²) in [4.78, 5) is 17.9. The second-order valence-corrected chi connectivity index (χ2v) is 3.07. The summed E-state index contributed by atoms with van der Waals surface area (Å²) in [5, 5.41) is 4.89. The van der Waals surface area contributed by atoms with Crippen LogP contribution in [0.2, 0.25) is 0 Å². The molecule has 0 bridgehead atoms. The molecule has 0 aliphatic rings. The van der Waals surface area contributed by atoms with Gasteiger partial charge >= 0.3 is 6.18 Å². The number of hydrogen-bond donors (Lipinski definition) is 2. The summed E-state index contributed by atoms with van der Waals surface area (Å²) in [5.41, 5.74) is -1.05. The molecule has 1 aromatic rings. The number of likely N-dealkylation sites (N-methyl/N-ethyl adjacent to an activating group) is 1. The molecule has 0 saturated heterocycles. The normalized spacial score (nSPS) is 11.1. The minimum Gasteiger partial charge on any atom is -0.355 e. The number of halogens is 3. The second-order valence-electron chi connectivity index (χ2n) is 3.07. The fraction of sp³-hybridized carbons (Fsp3) is 0.444. The maximum absolute atomic E-state index is 12.3. The molecule has 0 aromatic carbocycles. The second kappa shape index (κ2) is 5.46. The number of hydrogen-bond acceptors (Lipinski definition) is 4. The molecule has 0 radical (unpaired) electrons. The number of carbonyl (C=O) groups excluding carboxylic acids is 1. The van der Waals surface area contributed by atoms with Crippen molar-refractivity contribution in [3.05, 3.63) is 18.0 Å². The van der Waals surface area contributed by atoms with Crippen molar-refractivity contribution in [2.24, 2.45) is 0 Å². The fourth-order valence-corrected chi connectivity index (χ4v) is 1.02. The van der Waals surface area contributed by atoms with E-state index in [9.17, 15) is 18.0 Å². The van der Waals surface area contributed by atoms with Crippen LogP contribution in [0.5, 0.6) is 0 Å². The van der Waals surface area contributed by atoms with Crippen LogP contribution in [0, 0.1) is 0 Å². The average molecular weight is 248 g/mol. The minimum absolute atomic E-state index is 0.171. The van der Waals surface area contributed by atoms with Crippen LogP contribution in [0.3, 0.4) is 0 Å². The Balaban J connectivity index is 2.64. The Hall–Kier alpha value is -1.86. The van der Waals surface area contributed by atoms with Crippen molar-refractivity contribution in [3.63, 3.8) is 0 Å². The summed E-state index contributed by atoms with van der Waals surface area (Å²) < 4.78 is 36.9. The Bertz CT molecular complexity index is 394. The van der Waals surface area contributed by atoms with Crippen molar-refractivity contribution in [1.29, 1.82) is 0 Å². The van der Waals surface area contributed by atoms with Crippen LogP contribution in [0.25, 0.3) is 0 Å². The summed E-state index contributed by atoms with van der Waals surface area (Å²) in [5.74, 6) is -0.570. The summed E-state index contributed by atoms with van der Waals surface area (Å²) in [6.45, 7) is 2.01. The van der Waals surface area contributed by atoms with Crippen molar-refractivity contribution >= 4 is 11.9 Å². The summed E-state index contributed by atoms with van der Waals surface area (Å²) in [7, 11) is 0. The van der Waals surface area contributed by atoms with Crippen LogP contribution in [0.1, 0.15) is 12.6 Å². The average Bonchev–Trinajstić information content (AvgIpc) is 2.26. The molecule has 8 heteroatoms. The van der Waals surface area contributed by atoms with Gasteiger partial charge in [-0.1, -0.05) is 0 Å². The molecule has 17 heavy (non-hydrogen) atoms. The van der Waals surface area contributed by atoms with Crippen molar-refractivity contribution in [3.8, 4) is 0 Å². The van der Waals surface area contributed by atoms with Gasteiger partial charge < -0.3 is 10.6 Å². The zero-order valence-electron chi connectivity index (χ0n) is 9.01. The van der Waals surface area contributed by atoms with Gasteiger partial charge in [-0.25, -0.2) is 9.97 Å². The van der Waals surface area contributed by atoms with Gasteiger partial charge in [-0.3, -0.25) is 4.79 Å². The molecule has 0 fully saturated rings. The van der Waals surface area contributed by atoms with Crippen LogP contribution < -0.4 is 10.6 Å². The van der Waals surface area contributed by atoms with Gasteiger partial charge in [-0.15, -0.1) is 0 Å². The fourth-order valence-electron chi connectivity index (χ4n) is 1.02. The maximum Gasteiger partial charge on any atom is 0.433 e. The SMILES string of the molecule is CCNC(=O)CNc1nccc(C(F)(F)F)n1. The van der Waals surface area contributed by atoms with Crippen LogP contribution in [-0.2, 0) is 11.0 Å². The highest BCUT2D eigenvalue weighted by molar-refractivity contribution is 5.80. The Labute approximate surface area is 95.5 Å². The minimum atomic E-state index is -4.52. The van der Waals surface area contributed by atoms with Crippen LogP contribution in [0.15, 0.2) is 12.3 Å². The number of alkyl halides is 3. The van der Waals surface area contributed by atoms with Crippen LogP contribution in [0.4, 0.5) is 19.1 Å². The third kappa shape index (κ3) is 4.25. The zero-order valence-corrected chi connectivity index (χ0v) is 9.01. The molecule has 0 aliphatic carbocycles.